The lowest BCUT2D eigenvalue weighted by Crippen LogP contribution is -2.29. The number of anilines is 1. The molecule has 0 bridgehead atoms. The Balaban J connectivity index is 1.45. The zero-order chi connectivity index (χ0) is 31.7. The minimum Gasteiger partial charge on any atom is -0.507 e. The second-order valence-electron chi connectivity index (χ2n) is 10.1. The molecule has 1 fully saturated rings. The third-order valence-electron chi connectivity index (χ3n) is 7.35. The van der Waals surface area contributed by atoms with Crippen LogP contribution in [0.25, 0.3) is 5.76 Å². The van der Waals surface area contributed by atoms with E-state index in [0.29, 0.717) is 57.6 Å². The number of ketones is 1. The molecule has 4 aromatic rings. The predicted molar refractivity (Wildman–Crippen MR) is 169 cm³/mol. The van der Waals surface area contributed by atoms with Gasteiger partial charge in [0.05, 0.1) is 32.9 Å². The highest BCUT2D eigenvalue weighted by molar-refractivity contribution is 8.00. The molecule has 0 aliphatic carbocycles. The topological polar surface area (TPSA) is 130 Å². The van der Waals surface area contributed by atoms with Crippen molar-refractivity contribution >= 4 is 45.7 Å². The van der Waals surface area contributed by atoms with E-state index < -0.39 is 17.7 Å². The van der Waals surface area contributed by atoms with E-state index >= 15 is 0 Å². The van der Waals surface area contributed by atoms with Crippen molar-refractivity contribution in [1.29, 1.82) is 0 Å². The second kappa shape index (κ2) is 12.7. The molecule has 2 aliphatic rings. The highest BCUT2D eigenvalue weighted by atomic mass is 32.2. The number of rotatable bonds is 9. The lowest BCUT2D eigenvalue weighted by Gasteiger charge is -2.24. The Bertz CT molecular complexity index is 1780. The molecular formula is C32H29N3O8S2. The molecule has 1 aromatic heterocycles. The van der Waals surface area contributed by atoms with Crippen molar-refractivity contribution < 1.29 is 38.4 Å². The number of ether oxygens (including phenoxy) is 5. The Morgan fingerprint density at radius 3 is 2.31 bits per heavy atom. The lowest BCUT2D eigenvalue weighted by molar-refractivity contribution is -0.132. The lowest BCUT2D eigenvalue weighted by atomic mass is 9.94. The summed E-state index contributed by atoms with van der Waals surface area (Å²) in [5.41, 5.74) is 2.84. The molecule has 0 radical (unpaired) electrons. The number of nitrogens with zero attached hydrogens (tertiary/aromatic N) is 3. The Labute approximate surface area is 267 Å². The maximum atomic E-state index is 13.8. The Morgan fingerprint density at radius 2 is 1.64 bits per heavy atom. The molecule has 3 aromatic carbocycles. The van der Waals surface area contributed by atoms with Crippen LogP contribution >= 0.6 is 23.1 Å². The molecule has 45 heavy (non-hydrogen) atoms. The molecule has 13 heteroatoms. The van der Waals surface area contributed by atoms with Crippen molar-refractivity contribution in [2.24, 2.45) is 0 Å². The van der Waals surface area contributed by atoms with Gasteiger partial charge in [0.25, 0.3) is 5.78 Å². The number of hydrogen-bond acceptors (Lipinski definition) is 12. The van der Waals surface area contributed by atoms with E-state index in [1.54, 1.807) is 30.3 Å². The molecular weight excluding hydrogens is 618 g/mol. The van der Waals surface area contributed by atoms with Gasteiger partial charge in [-0.25, -0.2) is 0 Å². The number of thioether (sulfide) groups is 1. The van der Waals surface area contributed by atoms with Crippen molar-refractivity contribution in [3.05, 3.63) is 82.4 Å². The van der Waals surface area contributed by atoms with Gasteiger partial charge >= 0.3 is 5.91 Å². The zero-order valence-corrected chi connectivity index (χ0v) is 26.5. The average molecular weight is 648 g/mol. The summed E-state index contributed by atoms with van der Waals surface area (Å²) in [6, 6.07) is 15.2. The van der Waals surface area contributed by atoms with Crippen molar-refractivity contribution in [2.45, 2.75) is 23.1 Å². The fourth-order valence-electron chi connectivity index (χ4n) is 5.14. The quantitative estimate of drug-likeness (QED) is 0.0806. The molecule has 6 rings (SSSR count). The van der Waals surface area contributed by atoms with Gasteiger partial charge in [-0.2, -0.15) is 0 Å². The first-order valence-electron chi connectivity index (χ1n) is 13.9. The van der Waals surface area contributed by atoms with Crippen LogP contribution in [0.4, 0.5) is 5.13 Å². The number of amides is 1. The largest absolute Gasteiger partial charge is 0.507 e. The third-order valence-corrected chi connectivity index (χ3v) is 9.47. The van der Waals surface area contributed by atoms with Crippen LogP contribution in [0, 0.1) is 6.92 Å². The monoisotopic (exact) mass is 647 g/mol. The van der Waals surface area contributed by atoms with Crippen molar-refractivity contribution in [2.75, 3.05) is 39.4 Å². The van der Waals surface area contributed by atoms with Gasteiger partial charge in [-0.3, -0.25) is 14.5 Å². The molecule has 1 saturated heterocycles. The predicted octanol–water partition coefficient (Wildman–Crippen LogP) is 5.56. The van der Waals surface area contributed by atoms with Gasteiger partial charge in [-0.15, -0.1) is 10.2 Å². The number of aliphatic hydroxyl groups excluding tert-OH is 1. The van der Waals surface area contributed by atoms with Crippen molar-refractivity contribution in [3.8, 4) is 28.7 Å². The second-order valence-corrected chi connectivity index (χ2v) is 12.3. The van der Waals surface area contributed by atoms with Crippen LogP contribution in [0.2, 0.25) is 0 Å². The first-order valence-corrected chi connectivity index (χ1v) is 15.7. The average Bonchev–Trinajstić information content (AvgIpc) is 3.64. The van der Waals surface area contributed by atoms with Crippen LogP contribution in [0.3, 0.4) is 0 Å². The number of fused-ring (bicyclic) bond motifs is 1. The van der Waals surface area contributed by atoms with Crippen molar-refractivity contribution in [1.82, 2.24) is 10.2 Å². The number of hydrogen-bond donors (Lipinski definition) is 1. The van der Waals surface area contributed by atoms with Gasteiger partial charge in [-0.05, 0) is 48.4 Å². The highest BCUT2D eigenvalue weighted by Crippen LogP contribution is 2.48. The molecule has 1 atom stereocenters. The van der Waals surface area contributed by atoms with Gasteiger partial charge in [0.15, 0.2) is 27.3 Å². The number of carbonyl (C=O) groups is 2. The Kier molecular flexibility index (Phi) is 8.55. The molecule has 0 saturated carbocycles. The van der Waals surface area contributed by atoms with Crippen LogP contribution in [-0.2, 0) is 15.3 Å². The molecule has 1 amide bonds. The van der Waals surface area contributed by atoms with Gasteiger partial charge in [0, 0.05) is 11.3 Å². The van der Waals surface area contributed by atoms with Crippen LogP contribution in [-0.4, -0.2) is 61.5 Å². The fourth-order valence-corrected chi connectivity index (χ4v) is 6.96. The van der Waals surface area contributed by atoms with Crippen LogP contribution in [0.1, 0.15) is 28.3 Å². The number of methoxy groups -OCH3 is 3. The van der Waals surface area contributed by atoms with Crippen LogP contribution in [0.15, 0.2) is 64.5 Å². The number of Topliss-reactive ketones (excluding diaryl/α,β-unsaturated/α-hetero) is 1. The minimum atomic E-state index is -1.10. The SMILES string of the molecule is COc1cc(C2/C(=C(\O)c3ccc4c(c3)OCCO4)C(=O)C(=O)N2c2nnc(SCc3ccc(C)cc3)s2)cc(OC)c1OC. The minimum absolute atomic E-state index is 0.144. The van der Waals surface area contributed by atoms with Crippen LogP contribution in [0.5, 0.6) is 28.7 Å². The number of aryl methyl sites for hydroxylation is 1. The summed E-state index contributed by atoms with van der Waals surface area (Å²) >= 11 is 2.65. The van der Waals surface area contributed by atoms with Crippen molar-refractivity contribution in [3.63, 3.8) is 0 Å². The Hall–Kier alpha value is -4.75. The molecule has 1 unspecified atom stereocenters. The normalized spacial score (nSPS) is 17.0. The first kappa shape index (κ1) is 30.3. The number of aliphatic hydroxyl groups is 1. The molecule has 0 spiro atoms. The molecule has 2 aliphatic heterocycles. The Morgan fingerprint density at radius 1 is 0.956 bits per heavy atom. The fraction of sp³-hybridized carbons (Fsp3) is 0.250. The van der Waals surface area contributed by atoms with Gasteiger partial charge in [0.1, 0.15) is 19.0 Å². The van der Waals surface area contributed by atoms with E-state index in [1.165, 1.54) is 54.9 Å². The van der Waals surface area contributed by atoms with E-state index in [2.05, 4.69) is 10.2 Å². The van der Waals surface area contributed by atoms with Gasteiger partial charge in [0.2, 0.25) is 10.9 Å². The first-order chi connectivity index (χ1) is 21.8. The third kappa shape index (κ3) is 5.76. The number of benzene rings is 3. The van der Waals surface area contributed by atoms with E-state index in [1.807, 2.05) is 31.2 Å². The number of aromatic nitrogens is 2. The summed E-state index contributed by atoms with van der Waals surface area (Å²) in [5.74, 6) is 0.403. The summed E-state index contributed by atoms with van der Waals surface area (Å²) in [6.07, 6.45) is 0. The summed E-state index contributed by atoms with van der Waals surface area (Å²) < 4.78 is 28.5. The summed E-state index contributed by atoms with van der Waals surface area (Å²) in [5, 5.41) is 20.5. The summed E-state index contributed by atoms with van der Waals surface area (Å²) in [4.78, 5) is 28.8. The maximum Gasteiger partial charge on any atom is 0.301 e. The van der Waals surface area contributed by atoms with Gasteiger partial charge in [-0.1, -0.05) is 52.9 Å². The molecule has 232 valence electrons. The smallest absolute Gasteiger partial charge is 0.301 e. The molecule has 1 N–H and O–H groups in total. The highest BCUT2D eigenvalue weighted by Gasteiger charge is 2.49. The summed E-state index contributed by atoms with van der Waals surface area (Å²) in [7, 11) is 4.41. The summed E-state index contributed by atoms with van der Waals surface area (Å²) in [6.45, 7) is 2.77. The van der Waals surface area contributed by atoms with Gasteiger partial charge < -0.3 is 28.8 Å². The number of carbonyl (C=O) groups excluding carboxylic acids is 2. The van der Waals surface area contributed by atoms with Crippen LogP contribution < -0.4 is 28.6 Å². The standard InChI is InChI=1S/C32H29N3O8S2/c1-17-5-7-18(8-6-17)16-44-32-34-33-31(45-32)35-26(20-14-23(39-2)29(41-4)24(15-20)40-3)25(28(37)30(35)38)27(36)19-9-10-21-22(13-19)43-12-11-42-21/h5-10,13-15,26,36H,11-12,16H2,1-4H3/b27-25+. The zero-order valence-electron chi connectivity index (χ0n) is 24.9. The maximum absolute atomic E-state index is 13.8. The van der Waals surface area contributed by atoms with E-state index in [0.717, 1.165) is 5.56 Å². The molecule has 11 nitrogen and oxygen atoms in total. The van der Waals surface area contributed by atoms with E-state index in [9.17, 15) is 14.7 Å². The molecule has 3 heterocycles. The van der Waals surface area contributed by atoms with E-state index in [4.69, 9.17) is 23.7 Å². The van der Waals surface area contributed by atoms with E-state index in [-0.39, 0.29) is 22.0 Å².